The second-order valence-electron chi connectivity index (χ2n) is 8.74. The fourth-order valence-electron chi connectivity index (χ4n) is 4.12. The van der Waals surface area contributed by atoms with Crippen molar-refractivity contribution in [1.29, 1.82) is 0 Å². The third-order valence-corrected chi connectivity index (χ3v) is 7.87. The second kappa shape index (κ2) is 12.3. The minimum atomic E-state index is -1.32. The van der Waals surface area contributed by atoms with Gasteiger partial charge in [-0.25, -0.2) is 4.79 Å². The number of carbonyl (C=O) groups excluding carboxylic acids is 3. The number of hydrogen-bond acceptors (Lipinski definition) is 5. The van der Waals surface area contributed by atoms with E-state index in [2.05, 4.69) is 31.9 Å². The molecule has 3 aromatic carbocycles. The van der Waals surface area contributed by atoms with Crippen LogP contribution < -0.4 is 16.0 Å². The quantitative estimate of drug-likeness (QED) is 0.290. The van der Waals surface area contributed by atoms with E-state index in [9.17, 15) is 24.3 Å². The first-order valence-electron chi connectivity index (χ1n) is 12.0. The summed E-state index contributed by atoms with van der Waals surface area (Å²) in [5.41, 5.74) is 1.49. The summed E-state index contributed by atoms with van der Waals surface area (Å²) in [7, 11) is 0. The highest BCUT2D eigenvalue weighted by atomic mass is 79.9. The van der Waals surface area contributed by atoms with Gasteiger partial charge in [0.25, 0.3) is 17.7 Å². The maximum atomic E-state index is 13.0. The molecule has 0 fully saturated rings. The standard InChI is InChI=1S/C28H26BrN3O5S/c1-16(19-9-4-7-17-6-2-3-8-20(17)19)31-25(33)18-11-12-21(22(29)14-18)26(34)32-23(28(36)37)15-30-27(35)24-10-5-13-38-24/h2-4,6-12,14,16,23H,5,13,15H2,1H3,(H,30,35)(H,31,33)(H,32,34)(H,36,37)/t16-,23+/m1/s1. The number of carbonyl (C=O) groups is 4. The molecule has 0 aromatic heterocycles. The molecular weight excluding hydrogens is 570 g/mol. The first kappa shape index (κ1) is 27.4. The summed E-state index contributed by atoms with van der Waals surface area (Å²) in [6.07, 6.45) is 2.59. The molecule has 8 nitrogen and oxygen atoms in total. The lowest BCUT2D eigenvalue weighted by molar-refractivity contribution is -0.139. The summed E-state index contributed by atoms with van der Waals surface area (Å²) in [4.78, 5) is 50.2. The molecule has 3 aromatic rings. The van der Waals surface area contributed by atoms with Crippen LogP contribution in [-0.4, -0.2) is 47.1 Å². The molecule has 0 bridgehead atoms. The highest BCUT2D eigenvalue weighted by molar-refractivity contribution is 9.10. The van der Waals surface area contributed by atoms with E-state index in [1.807, 2.05) is 49.4 Å². The number of hydrogen-bond donors (Lipinski definition) is 4. The Balaban J connectivity index is 1.40. The average Bonchev–Trinajstić information content (AvgIpc) is 3.45. The van der Waals surface area contributed by atoms with Gasteiger partial charge in [0, 0.05) is 22.3 Å². The van der Waals surface area contributed by atoms with E-state index in [0.717, 1.165) is 28.5 Å². The number of benzene rings is 3. The summed E-state index contributed by atoms with van der Waals surface area (Å²) in [6.45, 7) is 1.64. The van der Waals surface area contributed by atoms with Crippen LogP contribution in [0.5, 0.6) is 0 Å². The van der Waals surface area contributed by atoms with Crippen molar-refractivity contribution in [3.8, 4) is 0 Å². The minimum absolute atomic E-state index is 0.162. The molecule has 0 spiro atoms. The van der Waals surface area contributed by atoms with Crippen molar-refractivity contribution < 1.29 is 24.3 Å². The number of aliphatic carboxylic acids is 1. The van der Waals surface area contributed by atoms with E-state index in [1.165, 1.54) is 30.0 Å². The smallest absolute Gasteiger partial charge is 0.328 e. The number of carboxylic acid groups (broad SMARTS) is 1. The van der Waals surface area contributed by atoms with Crippen molar-refractivity contribution in [2.45, 2.75) is 25.4 Å². The van der Waals surface area contributed by atoms with Crippen molar-refractivity contribution >= 4 is 62.2 Å². The zero-order chi connectivity index (χ0) is 27.2. The summed E-state index contributed by atoms with van der Waals surface area (Å²) in [6, 6.07) is 16.8. The van der Waals surface area contributed by atoms with Gasteiger partial charge in [0.15, 0.2) is 0 Å². The third-order valence-electron chi connectivity index (χ3n) is 6.11. The lowest BCUT2D eigenvalue weighted by Gasteiger charge is -2.18. The zero-order valence-electron chi connectivity index (χ0n) is 20.5. The molecule has 3 amide bonds. The van der Waals surface area contributed by atoms with Crippen LogP contribution in [0.4, 0.5) is 0 Å². The Hall–Kier alpha value is -3.63. The molecule has 0 saturated heterocycles. The summed E-state index contributed by atoms with van der Waals surface area (Å²) >= 11 is 4.73. The molecule has 1 aliphatic rings. The number of thioether (sulfide) groups is 1. The maximum Gasteiger partial charge on any atom is 0.328 e. The van der Waals surface area contributed by atoms with E-state index in [1.54, 1.807) is 6.08 Å². The lowest BCUT2D eigenvalue weighted by atomic mass is 9.99. The van der Waals surface area contributed by atoms with Crippen LogP contribution in [0.1, 0.15) is 45.7 Å². The van der Waals surface area contributed by atoms with Gasteiger partial charge in [0.1, 0.15) is 6.04 Å². The number of nitrogens with one attached hydrogen (secondary N) is 3. The van der Waals surface area contributed by atoms with Gasteiger partial charge >= 0.3 is 5.97 Å². The van der Waals surface area contributed by atoms with Crippen molar-refractivity contribution in [2.24, 2.45) is 0 Å². The zero-order valence-corrected chi connectivity index (χ0v) is 22.9. The van der Waals surface area contributed by atoms with Crippen molar-refractivity contribution in [3.63, 3.8) is 0 Å². The highest BCUT2D eigenvalue weighted by Gasteiger charge is 2.24. The van der Waals surface area contributed by atoms with Gasteiger partial charge in [0.05, 0.1) is 16.5 Å². The Kier molecular flexibility index (Phi) is 8.85. The SMILES string of the molecule is C[C@@H](NC(=O)c1ccc(C(=O)N[C@@H](CNC(=O)C2=CCCS2)C(=O)O)c(Br)c1)c1cccc2ccccc12. The molecule has 0 aliphatic carbocycles. The molecular formula is C28H26BrN3O5S. The van der Waals surface area contributed by atoms with Gasteiger partial charge in [0.2, 0.25) is 0 Å². The van der Waals surface area contributed by atoms with Crippen molar-refractivity contribution in [2.75, 3.05) is 12.3 Å². The molecule has 2 atom stereocenters. The molecule has 1 heterocycles. The number of amides is 3. The molecule has 4 N–H and O–H groups in total. The Labute approximate surface area is 232 Å². The average molecular weight is 597 g/mol. The van der Waals surface area contributed by atoms with Crippen molar-refractivity contribution in [1.82, 2.24) is 16.0 Å². The molecule has 0 unspecified atom stereocenters. The van der Waals surface area contributed by atoms with Gasteiger partial charge in [-0.05, 0) is 63.8 Å². The number of allylic oxidation sites excluding steroid dienone is 1. The van der Waals surface area contributed by atoms with Crippen LogP contribution >= 0.6 is 27.7 Å². The maximum absolute atomic E-state index is 13.0. The fourth-order valence-corrected chi connectivity index (χ4v) is 5.57. The van der Waals surface area contributed by atoms with Crippen molar-refractivity contribution in [3.05, 3.63) is 92.8 Å². The minimum Gasteiger partial charge on any atom is -0.480 e. The number of carboxylic acids is 1. The van der Waals surface area contributed by atoms with Gasteiger partial charge in [-0.15, -0.1) is 11.8 Å². The van der Waals surface area contributed by atoms with Gasteiger partial charge in [-0.3, -0.25) is 14.4 Å². The van der Waals surface area contributed by atoms with E-state index in [4.69, 9.17) is 0 Å². The number of rotatable bonds is 9. The normalized spacial score (nSPS) is 14.3. The Bertz CT molecular complexity index is 1440. The van der Waals surface area contributed by atoms with E-state index >= 15 is 0 Å². The third kappa shape index (κ3) is 6.43. The molecule has 0 saturated carbocycles. The Morgan fingerprint density at radius 2 is 1.74 bits per heavy atom. The molecule has 10 heteroatoms. The predicted octanol–water partition coefficient (Wildman–Crippen LogP) is 4.41. The van der Waals surface area contributed by atoms with Crippen LogP contribution in [0.15, 0.2) is 76.1 Å². The van der Waals surface area contributed by atoms with Crippen LogP contribution in [0, 0.1) is 0 Å². The van der Waals surface area contributed by atoms with Gasteiger partial charge in [-0.1, -0.05) is 48.5 Å². The molecule has 38 heavy (non-hydrogen) atoms. The second-order valence-corrected chi connectivity index (χ2v) is 10.7. The Morgan fingerprint density at radius 3 is 2.45 bits per heavy atom. The topological polar surface area (TPSA) is 125 Å². The highest BCUT2D eigenvalue weighted by Crippen LogP contribution is 2.26. The fraction of sp³-hybridized carbons (Fsp3) is 0.214. The molecule has 196 valence electrons. The van der Waals surface area contributed by atoms with Crippen LogP contribution in [0.25, 0.3) is 10.8 Å². The Morgan fingerprint density at radius 1 is 0.974 bits per heavy atom. The van der Waals surface area contributed by atoms with E-state index < -0.39 is 17.9 Å². The first-order chi connectivity index (χ1) is 18.2. The van der Waals surface area contributed by atoms with Crippen LogP contribution in [0.2, 0.25) is 0 Å². The summed E-state index contributed by atoms with van der Waals surface area (Å²) < 4.78 is 0.334. The summed E-state index contributed by atoms with van der Waals surface area (Å²) in [5, 5.41) is 19.6. The summed E-state index contributed by atoms with van der Waals surface area (Å²) in [5.74, 6) is -1.79. The van der Waals surface area contributed by atoms with Crippen LogP contribution in [-0.2, 0) is 9.59 Å². The van der Waals surface area contributed by atoms with Gasteiger partial charge in [-0.2, -0.15) is 0 Å². The molecule has 0 radical (unpaired) electrons. The number of halogens is 1. The lowest BCUT2D eigenvalue weighted by Crippen LogP contribution is -2.48. The van der Waals surface area contributed by atoms with Crippen LogP contribution in [0.3, 0.4) is 0 Å². The first-order valence-corrected chi connectivity index (χ1v) is 13.8. The molecule has 1 aliphatic heterocycles. The van der Waals surface area contributed by atoms with E-state index in [0.29, 0.717) is 14.9 Å². The predicted molar refractivity (Wildman–Crippen MR) is 151 cm³/mol. The monoisotopic (exact) mass is 595 g/mol. The number of fused-ring (bicyclic) bond motifs is 1. The van der Waals surface area contributed by atoms with E-state index in [-0.39, 0.29) is 30.0 Å². The molecule has 4 rings (SSSR count). The van der Waals surface area contributed by atoms with Gasteiger partial charge < -0.3 is 21.1 Å². The largest absolute Gasteiger partial charge is 0.480 e.